The number of ether oxygens (including phenoxy) is 2. The molecule has 9 heteroatoms. The van der Waals surface area contributed by atoms with E-state index in [9.17, 15) is 9.59 Å². The van der Waals surface area contributed by atoms with Gasteiger partial charge in [-0.05, 0) is 36.2 Å². The van der Waals surface area contributed by atoms with Crippen LogP contribution in [0, 0.1) is 5.92 Å². The van der Waals surface area contributed by atoms with Crippen molar-refractivity contribution >= 4 is 41.2 Å². The third-order valence-electron chi connectivity index (χ3n) is 4.21. The molecule has 1 aliphatic heterocycles. The zero-order chi connectivity index (χ0) is 21.0. The second-order valence-corrected chi connectivity index (χ2v) is 7.51. The summed E-state index contributed by atoms with van der Waals surface area (Å²) in [5.74, 6) is 0.0575. The third-order valence-corrected chi connectivity index (χ3v) is 4.77. The van der Waals surface area contributed by atoms with Crippen molar-refractivity contribution in [2.75, 3.05) is 6.79 Å². The van der Waals surface area contributed by atoms with Crippen molar-refractivity contribution in [2.24, 2.45) is 11.0 Å². The Bertz CT molecular complexity index is 963. The molecule has 29 heavy (non-hydrogen) atoms. The number of fused-ring (bicyclic) bond motifs is 1. The molecule has 1 unspecified atom stereocenters. The van der Waals surface area contributed by atoms with Crippen molar-refractivity contribution < 1.29 is 19.1 Å². The normalized spacial score (nSPS) is 13.6. The number of amides is 2. The van der Waals surface area contributed by atoms with E-state index in [-0.39, 0.29) is 12.7 Å². The maximum atomic E-state index is 12.6. The van der Waals surface area contributed by atoms with Gasteiger partial charge in [0.15, 0.2) is 11.5 Å². The predicted octanol–water partition coefficient (Wildman–Crippen LogP) is 3.63. The second kappa shape index (κ2) is 9.15. The average Bonchev–Trinajstić information content (AvgIpc) is 3.15. The van der Waals surface area contributed by atoms with Gasteiger partial charge in [-0.15, -0.1) is 0 Å². The van der Waals surface area contributed by atoms with E-state index in [0.29, 0.717) is 32.7 Å². The van der Waals surface area contributed by atoms with E-state index in [4.69, 9.17) is 32.7 Å². The summed E-state index contributed by atoms with van der Waals surface area (Å²) in [6.45, 7) is 3.76. The highest BCUT2D eigenvalue weighted by molar-refractivity contribution is 6.36. The molecule has 2 aromatic carbocycles. The Labute approximate surface area is 178 Å². The highest BCUT2D eigenvalue weighted by Crippen LogP contribution is 2.32. The van der Waals surface area contributed by atoms with Crippen LogP contribution in [0.4, 0.5) is 0 Å². The lowest BCUT2D eigenvalue weighted by atomic mass is 10.0. The minimum atomic E-state index is -0.786. The molecule has 2 N–H and O–H groups in total. The summed E-state index contributed by atoms with van der Waals surface area (Å²) in [4.78, 5) is 25.1. The Morgan fingerprint density at radius 1 is 1.10 bits per heavy atom. The topological polar surface area (TPSA) is 89.0 Å². The fourth-order valence-electron chi connectivity index (χ4n) is 2.64. The van der Waals surface area contributed by atoms with Gasteiger partial charge in [-0.2, -0.15) is 5.10 Å². The van der Waals surface area contributed by atoms with Crippen molar-refractivity contribution in [3.63, 3.8) is 0 Å². The lowest BCUT2D eigenvalue weighted by Crippen LogP contribution is -2.48. The largest absolute Gasteiger partial charge is 0.454 e. The monoisotopic (exact) mass is 435 g/mol. The van der Waals surface area contributed by atoms with Crippen LogP contribution in [0.5, 0.6) is 11.5 Å². The first-order valence-corrected chi connectivity index (χ1v) is 9.59. The maximum Gasteiger partial charge on any atom is 0.262 e. The SMILES string of the molecule is CC(C)C(NC(=O)c1ccc2c(c1)OCO2)C(=O)N/N=C/c1ccc(Cl)cc1Cl. The molecule has 0 aliphatic carbocycles. The van der Waals surface area contributed by atoms with Gasteiger partial charge in [0.25, 0.3) is 11.8 Å². The summed E-state index contributed by atoms with van der Waals surface area (Å²) in [7, 11) is 0. The molecule has 152 valence electrons. The lowest BCUT2D eigenvalue weighted by molar-refractivity contribution is -0.123. The molecule has 0 fully saturated rings. The predicted molar refractivity (Wildman–Crippen MR) is 111 cm³/mol. The molecule has 1 aliphatic rings. The fraction of sp³-hybridized carbons (Fsp3) is 0.250. The van der Waals surface area contributed by atoms with Crippen molar-refractivity contribution in [2.45, 2.75) is 19.9 Å². The number of nitrogens with zero attached hydrogens (tertiary/aromatic N) is 1. The van der Waals surface area contributed by atoms with E-state index in [1.807, 2.05) is 13.8 Å². The first-order chi connectivity index (χ1) is 13.8. The number of rotatable bonds is 6. The van der Waals surface area contributed by atoms with Gasteiger partial charge in [0, 0.05) is 16.1 Å². The highest BCUT2D eigenvalue weighted by atomic mass is 35.5. The van der Waals surface area contributed by atoms with Crippen LogP contribution < -0.4 is 20.2 Å². The van der Waals surface area contributed by atoms with E-state index in [1.165, 1.54) is 6.21 Å². The van der Waals surface area contributed by atoms with E-state index in [2.05, 4.69) is 15.8 Å². The van der Waals surface area contributed by atoms with Crippen molar-refractivity contribution in [3.05, 3.63) is 57.6 Å². The van der Waals surface area contributed by atoms with E-state index >= 15 is 0 Å². The number of carbonyl (C=O) groups excluding carboxylic acids is 2. The van der Waals surface area contributed by atoms with Crippen LogP contribution in [0.1, 0.15) is 29.8 Å². The molecule has 0 saturated carbocycles. The third kappa shape index (κ3) is 5.19. The van der Waals surface area contributed by atoms with E-state index in [0.717, 1.165) is 0 Å². The molecule has 0 aromatic heterocycles. The minimum Gasteiger partial charge on any atom is -0.454 e. The number of carbonyl (C=O) groups is 2. The Kier molecular flexibility index (Phi) is 6.61. The molecule has 1 atom stereocenters. The van der Waals surface area contributed by atoms with Crippen molar-refractivity contribution in [1.82, 2.24) is 10.7 Å². The Morgan fingerprint density at radius 3 is 2.59 bits per heavy atom. The standard InChI is InChI=1S/C20H19Cl2N3O4/c1-11(2)18(20(27)25-23-9-13-3-5-14(21)8-15(13)22)24-19(26)12-4-6-16-17(7-12)29-10-28-16/h3-9,11,18H,10H2,1-2H3,(H,24,26)(H,25,27)/b23-9+. The van der Waals surface area contributed by atoms with Gasteiger partial charge in [-0.25, -0.2) is 5.43 Å². The Hall–Kier alpha value is -2.77. The van der Waals surface area contributed by atoms with Crippen LogP contribution in [0.2, 0.25) is 10.0 Å². The molecular weight excluding hydrogens is 417 g/mol. The molecule has 0 radical (unpaired) electrons. The van der Waals surface area contributed by atoms with Gasteiger partial charge in [0.1, 0.15) is 6.04 Å². The molecule has 2 aromatic rings. The molecule has 0 saturated heterocycles. The Balaban J connectivity index is 1.64. The van der Waals surface area contributed by atoms with Gasteiger partial charge in [0.05, 0.1) is 11.2 Å². The smallest absolute Gasteiger partial charge is 0.262 e. The van der Waals surface area contributed by atoms with Gasteiger partial charge < -0.3 is 14.8 Å². The highest BCUT2D eigenvalue weighted by Gasteiger charge is 2.25. The van der Waals surface area contributed by atoms with Gasteiger partial charge in [-0.3, -0.25) is 9.59 Å². The van der Waals surface area contributed by atoms with Gasteiger partial charge in [-0.1, -0.05) is 43.1 Å². The molecule has 0 bridgehead atoms. The summed E-state index contributed by atoms with van der Waals surface area (Å²) in [5, 5.41) is 7.56. The number of hydrogen-bond donors (Lipinski definition) is 2. The maximum absolute atomic E-state index is 12.6. The zero-order valence-corrected chi connectivity index (χ0v) is 17.3. The number of nitrogens with one attached hydrogen (secondary N) is 2. The van der Waals surface area contributed by atoms with E-state index < -0.39 is 17.9 Å². The zero-order valence-electron chi connectivity index (χ0n) is 15.7. The van der Waals surface area contributed by atoms with Crippen LogP contribution in [0.15, 0.2) is 41.5 Å². The minimum absolute atomic E-state index is 0.118. The number of halogens is 2. The van der Waals surface area contributed by atoms with Gasteiger partial charge >= 0.3 is 0 Å². The van der Waals surface area contributed by atoms with Gasteiger partial charge in [0.2, 0.25) is 6.79 Å². The first kappa shape index (κ1) is 21.0. The van der Waals surface area contributed by atoms with Crippen molar-refractivity contribution in [3.8, 4) is 11.5 Å². The number of hydrogen-bond acceptors (Lipinski definition) is 5. The molecule has 7 nitrogen and oxygen atoms in total. The second-order valence-electron chi connectivity index (χ2n) is 6.66. The summed E-state index contributed by atoms with van der Waals surface area (Å²) in [6, 6.07) is 8.98. The molecule has 2 amide bonds. The van der Waals surface area contributed by atoms with Crippen LogP contribution in [0.3, 0.4) is 0 Å². The first-order valence-electron chi connectivity index (χ1n) is 8.83. The summed E-state index contributed by atoms with van der Waals surface area (Å²) in [6.07, 6.45) is 1.41. The van der Waals surface area contributed by atoms with Crippen molar-refractivity contribution in [1.29, 1.82) is 0 Å². The lowest BCUT2D eigenvalue weighted by Gasteiger charge is -2.20. The summed E-state index contributed by atoms with van der Waals surface area (Å²) in [5.41, 5.74) is 3.40. The molecule has 0 spiro atoms. The average molecular weight is 436 g/mol. The van der Waals surface area contributed by atoms with Crippen LogP contribution in [-0.4, -0.2) is 30.9 Å². The fourth-order valence-corrected chi connectivity index (χ4v) is 3.10. The summed E-state index contributed by atoms with van der Waals surface area (Å²) >= 11 is 11.9. The molecule has 3 rings (SSSR count). The quantitative estimate of drug-likeness (QED) is 0.535. The van der Waals surface area contributed by atoms with Crippen LogP contribution in [-0.2, 0) is 4.79 Å². The van der Waals surface area contributed by atoms with Crippen LogP contribution >= 0.6 is 23.2 Å². The molecular formula is C20H19Cl2N3O4. The van der Waals surface area contributed by atoms with Crippen LogP contribution in [0.25, 0.3) is 0 Å². The van der Waals surface area contributed by atoms with E-state index in [1.54, 1.807) is 36.4 Å². The number of hydrazone groups is 1. The summed E-state index contributed by atoms with van der Waals surface area (Å²) < 4.78 is 10.5. The number of benzene rings is 2. The molecule has 1 heterocycles. The Morgan fingerprint density at radius 2 is 1.86 bits per heavy atom.